The smallest absolute Gasteiger partial charge is 0.0991 e. The van der Waals surface area contributed by atoms with Crippen LogP contribution in [-0.4, -0.2) is 4.98 Å². The molecule has 112 valence electrons. The molecular formula is C22H14N2. The molecule has 0 aliphatic heterocycles. The molecule has 1 heterocycles. The van der Waals surface area contributed by atoms with Gasteiger partial charge in [-0.1, -0.05) is 60.7 Å². The van der Waals surface area contributed by atoms with Crippen LogP contribution in [0.25, 0.3) is 33.2 Å². The third-order valence-electron chi connectivity index (χ3n) is 4.14. The van der Waals surface area contributed by atoms with Gasteiger partial charge in [-0.2, -0.15) is 5.26 Å². The molecule has 0 bridgehead atoms. The van der Waals surface area contributed by atoms with Gasteiger partial charge in [0, 0.05) is 22.7 Å². The molecule has 0 amide bonds. The van der Waals surface area contributed by atoms with Crippen molar-refractivity contribution in [2.24, 2.45) is 0 Å². The first kappa shape index (κ1) is 14.2. The van der Waals surface area contributed by atoms with Crippen molar-refractivity contribution in [1.29, 1.82) is 5.26 Å². The van der Waals surface area contributed by atoms with Gasteiger partial charge in [0.15, 0.2) is 0 Å². The summed E-state index contributed by atoms with van der Waals surface area (Å²) in [6.45, 7) is 0. The van der Waals surface area contributed by atoms with E-state index < -0.39 is 0 Å². The average Bonchev–Trinajstić information content (AvgIpc) is 2.68. The second-order valence-corrected chi connectivity index (χ2v) is 5.62. The molecule has 0 radical (unpaired) electrons. The van der Waals surface area contributed by atoms with Gasteiger partial charge in [-0.05, 0) is 29.3 Å². The van der Waals surface area contributed by atoms with Gasteiger partial charge in [-0.15, -0.1) is 0 Å². The van der Waals surface area contributed by atoms with Crippen molar-refractivity contribution in [2.45, 2.75) is 0 Å². The summed E-state index contributed by atoms with van der Waals surface area (Å²) in [5.74, 6) is 0. The molecule has 2 nitrogen and oxygen atoms in total. The zero-order valence-electron chi connectivity index (χ0n) is 13.0. The lowest BCUT2D eigenvalue weighted by Gasteiger charge is -2.13. The molecule has 0 spiro atoms. The number of hydrogen-bond donors (Lipinski definition) is 0. The number of nitriles is 1. The first-order valence-electron chi connectivity index (χ1n) is 7.80. The van der Waals surface area contributed by atoms with E-state index in [0.29, 0.717) is 5.56 Å². The zero-order valence-corrected chi connectivity index (χ0v) is 13.0. The fraction of sp³-hybridized carbons (Fsp3) is 0. The second kappa shape index (κ2) is 5.98. The van der Waals surface area contributed by atoms with Crippen LogP contribution >= 0.6 is 0 Å². The summed E-state index contributed by atoms with van der Waals surface area (Å²) in [6, 6.07) is 28.4. The molecule has 3 aromatic carbocycles. The van der Waals surface area contributed by atoms with E-state index in [2.05, 4.69) is 35.3 Å². The molecule has 0 fully saturated rings. The van der Waals surface area contributed by atoms with Crippen LogP contribution in [-0.2, 0) is 0 Å². The monoisotopic (exact) mass is 306 g/mol. The molecule has 0 saturated heterocycles. The largest absolute Gasteiger partial charge is 0.256 e. The maximum atomic E-state index is 9.27. The van der Waals surface area contributed by atoms with E-state index in [1.54, 1.807) is 0 Å². The summed E-state index contributed by atoms with van der Waals surface area (Å²) in [7, 11) is 0. The van der Waals surface area contributed by atoms with Crippen LogP contribution in [0.5, 0.6) is 0 Å². The van der Waals surface area contributed by atoms with Gasteiger partial charge < -0.3 is 0 Å². The molecule has 0 aliphatic carbocycles. The van der Waals surface area contributed by atoms with Crippen molar-refractivity contribution in [3.8, 4) is 28.3 Å². The Labute approximate surface area is 140 Å². The molecule has 4 rings (SSSR count). The van der Waals surface area contributed by atoms with Crippen LogP contribution in [0.1, 0.15) is 5.56 Å². The summed E-state index contributed by atoms with van der Waals surface area (Å²) >= 11 is 0. The van der Waals surface area contributed by atoms with Crippen molar-refractivity contribution in [3.63, 3.8) is 0 Å². The third-order valence-corrected chi connectivity index (χ3v) is 4.14. The Hall–Kier alpha value is -3.44. The minimum atomic E-state index is 0.645. The van der Waals surface area contributed by atoms with Gasteiger partial charge in [0.25, 0.3) is 0 Å². The number of pyridine rings is 1. The Balaban J connectivity index is 2.12. The molecule has 0 atom stereocenters. The standard InChI is InChI=1S/C22H14N2/c23-14-16-11-12-21-19(13-16)22(18-9-5-2-6-10-18)20(15-24-21)17-7-3-1-4-8-17/h1-13,15H. The zero-order chi connectivity index (χ0) is 16.4. The predicted molar refractivity (Wildman–Crippen MR) is 97.3 cm³/mol. The average molecular weight is 306 g/mol. The maximum Gasteiger partial charge on any atom is 0.0991 e. The summed E-state index contributed by atoms with van der Waals surface area (Å²) in [5, 5.41) is 10.3. The van der Waals surface area contributed by atoms with E-state index in [1.807, 2.05) is 60.8 Å². The van der Waals surface area contributed by atoms with E-state index in [0.717, 1.165) is 33.2 Å². The molecule has 4 aromatic rings. The first-order chi connectivity index (χ1) is 11.9. The van der Waals surface area contributed by atoms with Crippen LogP contribution in [0, 0.1) is 11.3 Å². The SMILES string of the molecule is N#Cc1ccc2ncc(-c3ccccc3)c(-c3ccccc3)c2c1. The van der Waals surface area contributed by atoms with Crippen molar-refractivity contribution in [1.82, 2.24) is 4.98 Å². The highest BCUT2D eigenvalue weighted by Crippen LogP contribution is 2.37. The van der Waals surface area contributed by atoms with Gasteiger partial charge >= 0.3 is 0 Å². The van der Waals surface area contributed by atoms with E-state index >= 15 is 0 Å². The minimum absolute atomic E-state index is 0.645. The number of rotatable bonds is 2. The Kier molecular flexibility index (Phi) is 3.53. The fourth-order valence-electron chi connectivity index (χ4n) is 3.01. The van der Waals surface area contributed by atoms with Gasteiger partial charge in [0.2, 0.25) is 0 Å². The number of aromatic nitrogens is 1. The van der Waals surface area contributed by atoms with Crippen molar-refractivity contribution in [2.75, 3.05) is 0 Å². The Bertz CT molecular complexity index is 1050. The molecule has 0 aliphatic rings. The summed E-state index contributed by atoms with van der Waals surface area (Å²) in [6.07, 6.45) is 1.92. The van der Waals surface area contributed by atoms with Crippen LogP contribution in [0.15, 0.2) is 85.1 Å². The molecule has 2 heteroatoms. The molecule has 24 heavy (non-hydrogen) atoms. The van der Waals surface area contributed by atoms with Gasteiger partial charge in [-0.3, -0.25) is 4.98 Å². The molecule has 0 N–H and O–H groups in total. The highest BCUT2D eigenvalue weighted by molar-refractivity contribution is 6.02. The normalized spacial score (nSPS) is 10.5. The van der Waals surface area contributed by atoms with Crippen molar-refractivity contribution in [3.05, 3.63) is 90.6 Å². The van der Waals surface area contributed by atoms with Crippen LogP contribution in [0.2, 0.25) is 0 Å². The number of fused-ring (bicyclic) bond motifs is 1. The van der Waals surface area contributed by atoms with E-state index in [1.165, 1.54) is 0 Å². The minimum Gasteiger partial charge on any atom is -0.256 e. The van der Waals surface area contributed by atoms with Crippen molar-refractivity contribution >= 4 is 10.9 Å². The third kappa shape index (κ3) is 2.43. The summed E-state index contributed by atoms with van der Waals surface area (Å²) in [5.41, 5.74) is 5.97. The quantitative estimate of drug-likeness (QED) is 0.494. The molecule has 1 aromatic heterocycles. The lowest BCUT2D eigenvalue weighted by atomic mass is 9.92. The molecule has 0 saturated carbocycles. The Morgan fingerprint density at radius 3 is 2.08 bits per heavy atom. The molecular weight excluding hydrogens is 292 g/mol. The number of benzene rings is 3. The second-order valence-electron chi connectivity index (χ2n) is 5.62. The van der Waals surface area contributed by atoms with Crippen LogP contribution < -0.4 is 0 Å². The van der Waals surface area contributed by atoms with E-state index in [4.69, 9.17) is 0 Å². The van der Waals surface area contributed by atoms with Crippen molar-refractivity contribution < 1.29 is 0 Å². The summed E-state index contributed by atoms with van der Waals surface area (Å²) < 4.78 is 0. The van der Waals surface area contributed by atoms with E-state index in [-0.39, 0.29) is 0 Å². The van der Waals surface area contributed by atoms with Crippen LogP contribution in [0.3, 0.4) is 0 Å². The van der Waals surface area contributed by atoms with Gasteiger partial charge in [0.1, 0.15) is 0 Å². The lowest BCUT2D eigenvalue weighted by molar-refractivity contribution is 1.40. The highest BCUT2D eigenvalue weighted by atomic mass is 14.7. The van der Waals surface area contributed by atoms with Gasteiger partial charge in [0.05, 0.1) is 17.1 Å². The predicted octanol–water partition coefficient (Wildman–Crippen LogP) is 5.44. The van der Waals surface area contributed by atoms with Crippen LogP contribution in [0.4, 0.5) is 0 Å². The lowest BCUT2D eigenvalue weighted by Crippen LogP contribution is -1.91. The van der Waals surface area contributed by atoms with Gasteiger partial charge in [-0.25, -0.2) is 0 Å². The Morgan fingerprint density at radius 2 is 1.42 bits per heavy atom. The topological polar surface area (TPSA) is 36.7 Å². The summed E-state index contributed by atoms with van der Waals surface area (Å²) in [4.78, 5) is 4.61. The number of nitrogens with zero attached hydrogens (tertiary/aromatic N) is 2. The van der Waals surface area contributed by atoms with E-state index in [9.17, 15) is 5.26 Å². The molecule has 0 unspecified atom stereocenters. The Morgan fingerprint density at radius 1 is 0.750 bits per heavy atom. The fourth-order valence-corrected chi connectivity index (χ4v) is 3.01. The highest BCUT2D eigenvalue weighted by Gasteiger charge is 2.13. The first-order valence-corrected chi connectivity index (χ1v) is 7.80. The number of hydrogen-bond acceptors (Lipinski definition) is 2. The maximum absolute atomic E-state index is 9.27.